The molecule has 0 aliphatic carbocycles. The Bertz CT molecular complexity index is 460. The monoisotopic (exact) mass is 190 g/mol. The van der Waals surface area contributed by atoms with Gasteiger partial charge in [-0.15, -0.1) is 0 Å². The summed E-state index contributed by atoms with van der Waals surface area (Å²) in [5.74, 6) is 0.437. The van der Waals surface area contributed by atoms with Crippen molar-refractivity contribution in [1.29, 1.82) is 0 Å². The molecule has 1 heterocycles. The summed E-state index contributed by atoms with van der Waals surface area (Å²) in [5.41, 5.74) is 7.44. The van der Waals surface area contributed by atoms with Gasteiger partial charge in [-0.05, 0) is 24.3 Å². The molecule has 0 saturated heterocycles. The molecule has 1 aromatic carbocycles. The average Bonchev–Trinajstić information content (AvgIpc) is 2.48. The van der Waals surface area contributed by atoms with Gasteiger partial charge in [0.05, 0.1) is 0 Å². The minimum absolute atomic E-state index is 0.234. The van der Waals surface area contributed by atoms with Crippen molar-refractivity contribution >= 4 is 5.82 Å². The SMILES string of the molecule is Cn1c(N)ccc1-c1cccc(F)c1. The van der Waals surface area contributed by atoms with Gasteiger partial charge in [0.25, 0.3) is 0 Å². The van der Waals surface area contributed by atoms with Crippen LogP contribution in [0.2, 0.25) is 0 Å². The van der Waals surface area contributed by atoms with Crippen molar-refractivity contribution in [1.82, 2.24) is 4.57 Å². The molecular weight excluding hydrogens is 179 g/mol. The number of rotatable bonds is 1. The van der Waals surface area contributed by atoms with Gasteiger partial charge in [-0.2, -0.15) is 0 Å². The molecule has 2 nitrogen and oxygen atoms in total. The summed E-state index contributed by atoms with van der Waals surface area (Å²) in [6, 6.07) is 10.2. The molecule has 0 aliphatic rings. The second-order valence-electron chi connectivity index (χ2n) is 3.21. The van der Waals surface area contributed by atoms with E-state index in [1.807, 2.05) is 23.7 Å². The zero-order valence-electron chi connectivity index (χ0n) is 7.87. The average molecular weight is 190 g/mol. The zero-order valence-corrected chi connectivity index (χ0v) is 7.87. The van der Waals surface area contributed by atoms with Gasteiger partial charge in [0.1, 0.15) is 11.6 Å². The predicted molar refractivity (Wildman–Crippen MR) is 55.2 cm³/mol. The molecule has 0 aliphatic heterocycles. The lowest BCUT2D eigenvalue weighted by atomic mass is 10.1. The van der Waals surface area contributed by atoms with Crippen LogP contribution in [-0.2, 0) is 7.05 Å². The minimum Gasteiger partial charge on any atom is -0.385 e. The van der Waals surface area contributed by atoms with Crippen molar-refractivity contribution < 1.29 is 4.39 Å². The largest absolute Gasteiger partial charge is 0.385 e. The Hall–Kier alpha value is -1.77. The molecule has 2 aromatic rings. The van der Waals surface area contributed by atoms with Gasteiger partial charge in [0.2, 0.25) is 0 Å². The molecule has 3 heteroatoms. The summed E-state index contributed by atoms with van der Waals surface area (Å²) < 4.78 is 14.8. The van der Waals surface area contributed by atoms with Gasteiger partial charge >= 0.3 is 0 Å². The first-order valence-electron chi connectivity index (χ1n) is 4.35. The van der Waals surface area contributed by atoms with Gasteiger partial charge in [0, 0.05) is 18.3 Å². The molecule has 0 unspecified atom stereocenters. The van der Waals surface area contributed by atoms with Crippen LogP contribution in [0.15, 0.2) is 36.4 Å². The highest BCUT2D eigenvalue weighted by Gasteiger charge is 2.04. The van der Waals surface area contributed by atoms with Crippen molar-refractivity contribution in [3.05, 3.63) is 42.2 Å². The van der Waals surface area contributed by atoms with Gasteiger partial charge in [-0.25, -0.2) is 4.39 Å². The summed E-state index contributed by atoms with van der Waals surface area (Å²) in [4.78, 5) is 0. The number of hydrogen-bond acceptors (Lipinski definition) is 1. The third kappa shape index (κ3) is 1.37. The van der Waals surface area contributed by atoms with E-state index in [1.165, 1.54) is 12.1 Å². The van der Waals surface area contributed by atoms with Crippen LogP contribution in [-0.4, -0.2) is 4.57 Å². The molecule has 72 valence electrons. The molecule has 0 atom stereocenters. The van der Waals surface area contributed by atoms with E-state index < -0.39 is 0 Å². The van der Waals surface area contributed by atoms with Crippen LogP contribution in [0.1, 0.15) is 0 Å². The Morgan fingerprint density at radius 2 is 2.00 bits per heavy atom. The molecule has 0 bridgehead atoms. The Morgan fingerprint density at radius 1 is 1.21 bits per heavy atom. The Balaban J connectivity index is 2.55. The molecule has 0 fully saturated rings. The molecule has 1 aromatic heterocycles. The van der Waals surface area contributed by atoms with E-state index in [2.05, 4.69) is 0 Å². The number of anilines is 1. The van der Waals surface area contributed by atoms with E-state index in [4.69, 9.17) is 5.73 Å². The minimum atomic E-state index is -0.234. The van der Waals surface area contributed by atoms with Gasteiger partial charge in [-0.1, -0.05) is 12.1 Å². The number of halogens is 1. The number of nitrogens with zero attached hydrogens (tertiary/aromatic N) is 1. The first kappa shape index (κ1) is 8.81. The van der Waals surface area contributed by atoms with Crippen LogP contribution in [0.4, 0.5) is 10.2 Å². The topological polar surface area (TPSA) is 30.9 Å². The second kappa shape index (κ2) is 3.18. The van der Waals surface area contributed by atoms with Crippen molar-refractivity contribution in [3.63, 3.8) is 0 Å². The third-order valence-electron chi connectivity index (χ3n) is 2.28. The van der Waals surface area contributed by atoms with E-state index in [-0.39, 0.29) is 5.82 Å². The van der Waals surface area contributed by atoms with Crippen molar-refractivity contribution in [2.75, 3.05) is 5.73 Å². The molecule has 0 saturated carbocycles. The Morgan fingerprint density at radius 3 is 2.57 bits per heavy atom. The quantitative estimate of drug-likeness (QED) is 0.735. The van der Waals surface area contributed by atoms with Crippen LogP contribution >= 0.6 is 0 Å². The van der Waals surface area contributed by atoms with Crippen LogP contribution < -0.4 is 5.73 Å². The van der Waals surface area contributed by atoms with E-state index >= 15 is 0 Å². The van der Waals surface area contributed by atoms with Gasteiger partial charge in [0.15, 0.2) is 0 Å². The molecule has 0 amide bonds. The van der Waals surface area contributed by atoms with Gasteiger partial charge < -0.3 is 10.3 Å². The fraction of sp³-hybridized carbons (Fsp3) is 0.0909. The van der Waals surface area contributed by atoms with E-state index in [0.717, 1.165) is 11.3 Å². The highest BCUT2D eigenvalue weighted by atomic mass is 19.1. The number of benzene rings is 1. The molecular formula is C11H11FN2. The number of aromatic nitrogens is 1. The maximum atomic E-state index is 13.0. The lowest BCUT2D eigenvalue weighted by Crippen LogP contribution is -1.97. The lowest BCUT2D eigenvalue weighted by molar-refractivity contribution is 0.628. The van der Waals surface area contributed by atoms with E-state index in [1.54, 1.807) is 12.1 Å². The number of hydrogen-bond donors (Lipinski definition) is 1. The lowest BCUT2D eigenvalue weighted by Gasteiger charge is -2.04. The van der Waals surface area contributed by atoms with Gasteiger partial charge in [-0.3, -0.25) is 0 Å². The molecule has 14 heavy (non-hydrogen) atoms. The third-order valence-corrected chi connectivity index (χ3v) is 2.28. The van der Waals surface area contributed by atoms with Crippen LogP contribution in [0.25, 0.3) is 11.3 Å². The first-order valence-corrected chi connectivity index (χ1v) is 4.35. The normalized spacial score (nSPS) is 10.4. The molecule has 2 rings (SSSR count). The van der Waals surface area contributed by atoms with Crippen molar-refractivity contribution in [2.24, 2.45) is 7.05 Å². The van der Waals surface area contributed by atoms with Crippen LogP contribution in [0.3, 0.4) is 0 Å². The molecule has 2 N–H and O–H groups in total. The molecule has 0 spiro atoms. The smallest absolute Gasteiger partial charge is 0.123 e. The predicted octanol–water partition coefficient (Wildman–Crippen LogP) is 2.41. The highest BCUT2D eigenvalue weighted by Crippen LogP contribution is 2.22. The highest BCUT2D eigenvalue weighted by molar-refractivity contribution is 5.63. The second-order valence-corrected chi connectivity index (χ2v) is 3.21. The Labute approximate surface area is 81.8 Å². The summed E-state index contributed by atoms with van der Waals surface area (Å²) in [6.07, 6.45) is 0. The molecule has 0 radical (unpaired) electrons. The van der Waals surface area contributed by atoms with E-state index in [9.17, 15) is 4.39 Å². The first-order chi connectivity index (χ1) is 6.68. The summed E-state index contributed by atoms with van der Waals surface area (Å²) in [7, 11) is 1.86. The standard InChI is InChI=1S/C11H11FN2/c1-14-10(5-6-11(14)13)8-3-2-4-9(12)7-8/h2-7H,13H2,1H3. The van der Waals surface area contributed by atoms with Crippen LogP contribution in [0, 0.1) is 5.82 Å². The summed E-state index contributed by atoms with van der Waals surface area (Å²) >= 11 is 0. The Kier molecular flexibility index (Phi) is 2.00. The fourth-order valence-electron chi connectivity index (χ4n) is 1.46. The van der Waals surface area contributed by atoms with Crippen LogP contribution in [0.5, 0.6) is 0 Å². The summed E-state index contributed by atoms with van der Waals surface area (Å²) in [6.45, 7) is 0. The van der Waals surface area contributed by atoms with E-state index in [0.29, 0.717) is 5.82 Å². The zero-order chi connectivity index (χ0) is 10.1. The van der Waals surface area contributed by atoms with Crippen molar-refractivity contribution in [3.8, 4) is 11.3 Å². The fourth-order valence-corrected chi connectivity index (χ4v) is 1.46. The number of nitrogen functional groups attached to an aromatic ring is 1. The maximum absolute atomic E-state index is 13.0. The van der Waals surface area contributed by atoms with Crippen molar-refractivity contribution in [2.45, 2.75) is 0 Å². The maximum Gasteiger partial charge on any atom is 0.123 e. The summed E-state index contributed by atoms with van der Waals surface area (Å²) in [5, 5.41) is 0. The number of nitrogens with two attached hydrogens (primary N) is 1.